The lowest BCUT2D eigenvalue weighted by Crippen LogP contribution is -2.34. The largest absolute Gasteiger partial charge is 0.470 e. The fourth-order valence-electron chi connectivity index (χ4n) is 2.51. The maximum atomic E-state index is 11.8. The van der Waals surface area contributed by atoms with Crippen molar-refractivity contribution in [3.05, 3.63) is 16.7 Å². The molecule has 2 aromatic rings. The molecule has 0 radical (unpaired) electrons. The molecule has 0 amide bonds. The van der Waals surface area contributed by atoms with Crippen LogP contribution in [0.4, 0.5) is 5.95 Å². The Kier molecular flexibility index (Phi) is 4.17. The van der Waals surface area contributed by atoms with E-state index in [1.54, 1.807) is 0 Å². The minimum atomic E-state index is -4.97. The van der Waals surface area contributed by atoms with Gasteiger partial charge in [0.25, 0.3) is 0 Å². The highest BCUT2D eigenvalue weighted by Crippen LogP contribution is 2.44. The number of anilines is 1. The summed E-state index contributed by atoms with van der Waals surface area (Å²) in [6.45, 7) is -0.620. The first-order chi connectivity index (χ1) is 11.2. The average Bonchev–Trinajstić information content (AvgIpc) is 3.00. The third-order valence-corrected chi connectivity index (χ3v) is 4.01. The van der Waals surface area contributed by atoms with Crippen molar-refractivity contribution in [2.75, 3.05) is 12.3 Å². The highest BCUT2D eigenvalue weighted by Gasteiger charge is 2.48. The number of H-pyrrole nitrogens is 1. The van der Waals surface area contributed by atoms with Gasteiger partial charge in [-0.3, -0.25) is 13.9 Å². The molecule has 1 aliphatic heterocycles. The molecule has 0 aromatic carbocycles. The summed E-state index contributed by atoms with van der Waals surface area (Å²) in [5.41, 5.74) is 4.72. The van der Waals surface area contributed by atoms with Crippen LogP contribution in [-0.4, -0.2) is 64.4 Å². The summed E-state index contributed by atoms with van der Waals surface area (Å²) >= 11 is 0. The predicted molar refractivity (Wildman–Crippen MR) is 76.5 cm³/mol. The number of nitrogens with two attached hydrogens (primary N) is 1. The molecule has 1 saturated heterocycles. The first kappa shape index (κ1) is 17.0. The Hall–Kier alpha value is -1.86. The van der Waals surface area contributed by atoms with Gasteiger partial charge in [0, 0.05) is 0 Å². The van der Waals surface area contributed by atoms with Crippen LogP contribution in [0.1, 0.15) is 6.23 Å². The number of ether oxygens (including phenoxy) is 1. The minimum Gasteiger partial charge on any atom is -0.394 e. The molecule has 0 saturated carbocycles. The van der Waals surface area contributed by atoms with E-state index in [1.165, 1.54) is 4.57 Å². The van der Waals surface area contributed by atoms with E-state index in [4.69, 9.17) is 20.3 Å². The maximum absolute atomic E-state index is 11.8. The number of fused-ring (bicyclic) bond motifs is 1. The molecule has 3 heterocycles. The Labute approximate surface area is 132 Å². The van der Waals surface area contributed by atoms with E-state index in [1.807, 2.05) is 0 Å². The van der Waals surface area contributed by atoms with Gasteiger partial charge in [0.1, 0.15) is 24.0 Å². The second kappa shape index (κ2) is 5.89. The number of hydrogen-bond donors (Lipinski definition) is 6. The fraction of sp³-hybridized carbons (Fsp3) is 0.500. The van der Waals surface area contributed by atoms with Gasteiger partial charge in [-0.05, 0) is 0 Å². The van der Waals surface area contributed by atoms with Crippen molar-refractivity contribution in [1.29, 1.82) is 0 Å². The summed E-state index contributed by atoms with van der Waals surface area (Å²) in [7, 11) is -4.97. The number of nitrogen functional groups attached to an aromatic ring is 1. The van der Waals surface area contributed by atoms with Crippen LogP contribution in [0.2, 0.25) is 0 Å². The number of imidazole rings is 1. The third kappa shape index (κ3) is 2.93. The highest BCUT2D eigenvalue weighted by atomic mass is 31.2. The van der Waals surface area contributed by atoms with Crippen LogP contribution in [0.3, 0.4) is 0 Å². The van der Waals surface area contributed by atoms with Crippen molar-refractivity contribution in [3.63, 3.8) is 0 Å². The number of aliphatic hydroxyl groups is 2. The van der Waals surface area contributed by atoms with E-state index in [-0.39, 0.29) is 17.1 Å². The van der Waals surface area contributed by atoms with E-state index in [9.17, 15) is 19.6 Å². The number of aliphatic hydroxyl groups excluding tert-OH is 2. The van der Waals surface area contributed by atoms with Crippen LogP contribution in [0.15, 0.2) is 11.1 Å². The molecule has 132 valence electrons. The monoisotopic (exact) mass is 363 g/mol. The molecule has 2 aromatic heterocycles. The van der Waals surface area contributed by atoms with Gasteiger partial charge in [0.15, 0.2) is 11.7 Å². The zero-order chi connectivity index (χ0) is 17.6. The number of aromatic nitrogens is 4. The molecule has 7 N–H and O–H groups in total. The molecule has 1 unspecified atom stereocenters. The van der Waals surface area contributed by atoms with Crippen LogP contribution >= 0.6 is 7.82 Å². The Morgan fingerprint density at radius 2 is 2.21 bits per heavy atom. The van der Waals surface area contributed by atoms with Gasteiger partial charge >= 0.3 is 13.4 Å². The first-order valence-electron chi connectivity index (χ1n) is 6.62. The van der Waals surface area contributed by atoms with Crippen LogP contribution in [0.25, 0.3) is 11.2 Å². The highest BCUT2D eigenvalue weighted by molar-refractivity contribution is 7.46. The Morgan fingerprint density at radius 3 is 2.83 bits per heavy atom. The Balaban J connectivity index is 2.09. The zero-order valence-corrected chi connectivity index (χ0v) is 12.8. The van der Waals surface area contributed by atoms with Gasteiger partial charge in [0.05, 0.1) is 12.9 Å². The number of phosphoric acid groups is 1. The number of rotatable bonds is 4. The van der Waals surface area contributed by atoms with E-state index < -0.39 is 44.5 Å². The van der Waals surface area contributed by atoms with Crippen molar-refractivity contribution < 1.29 is 33.8 Å². The smallest absolute Gasteiger partial charge is 0.394 e. The van der Waals surface area contributed by atoms with Gasteiger partial charge < -0.3 is 35.5 Å². The summed E-state index contributed by atoms with van der Waals surface area (Å²) in [6.07, 6.45) is -4.37. The topological polar surface area (TPSA) is 206 Å². The van der Waals surface area contributed by atoms with Gasteiger partial charge in [-0.1, -0.05) is 0 Å². The first-order valence-corrected chi connectivity index (χ1v) is 8.15. The minimum absolute atomic E-state index is 0.0580. The quantitative estimate of drug-likeness (QED) is 0.311. The standard InChI is InChI=1S/C10H14N5O8P/c11-10-13-7-4(8(18)14-10)12-2-15(7)9-6(23-24(19,20)21)5(17)3(1-16)22-9/h2-3,5-6,9,16-17H,1H2,(H2,19,20,21)(H3,11,13,14,18)/t3-,5-,6-,9?/m1/s1. The number of nitrogens with one attached hydrogen (secondary N) is 1. The Morgan fingerprint density at radius 1 is 1.50 bits per heavy atom. The predicted octanol–water partition coefficient (Wildman–Crippen LogP) is -2.57. The van der Waals surface area contributed by atoms with Crippen LogP contribution in [0, 0.1) is 0 Å². The molecule has 13 nitrogen and oxygen atoms in total. The van der Waals surface area contributed by atoms with Crippen LogP contribution < -0.4 is 11.3 Å². The van der Waals surface area contributed by atoms with Crippen molar-refractivity contribution >= 4 is 24.9 Å². The molecular weight excluding hydrogens is 349 g/mol. The molecule has 24 heavy (non-hydrogen) atoms. The number of phosphoric ester groups is 1. The van der Waals surface area contributed by atoms with Gasteiger partial charge in [-0.2, -0.15) is 4.98 Å². The summed E-state index contributed by atoms with van der Waals surface area (Å²) in [5, 5.41) is 19.3. The molecule has 1 fully saturated rings. The Bertz CT molecular complexity index is 861. The number of aromatic amines is 1. The summed E-state index contributed by atoms with van der Waals surface area (Å²) in [5.74, 6) is -0.209. The number of hydrogen-bond acceptors (Lipinski definition) is 9. The molecule has 0 aliphatic carbocycles. The SMILES string of the molecule is Nc1nc(=O)c2ncn(C3O[C@H](CO)[C@@H](O)[C@H]3OP(=O)(O)O)c2[nH]1. The summed E-state index contributed by atoms with van der Waals surface area (Å²) in [4.78, 5) is 39.7. The van der Waals surface area contributed by atoms with E-state index in [2.05, 4.69) is 19.5 Å². The third-order valence-electron chi connectivity index (χ3n) is 3.49. The normalized spacial score (nSPS) is 27.8. The van der Waals surface area contributed by atoms with Crippen molar-refractivity contribution in [1.82, 2.24) is 19.5 Å². The van der Waals surface area contributed by atoms with E-state index >= 15 is 0 Å². The maximum Gasteiger partial charge on any atom is 0.470 e. The van der Waals surface area contributed by atoms with Crippen molar-refractivity contribution in [2.45, 2.75) is 24.5 Å². The molecular formula is C10H14N5O8P. The fourth-order valence-corrected chi connectivity index (χ4v) is 3.06. The molecule has 0 spiro atoms. The van der Waals surface area contributed by atoms with Gasteiger partial charge in [-0.15, -0.1) is 0 Å². The molecule has 4 atom stereocenters. The zero-order valence-electron chi connectivity index (χ0n) is 11.9. The van der Waals surface area contributed by atoms with Crippen molar-refractivity contribution in [2.24, 2.45) is 0 Å². The van der Waals surface area contributed by atoms with Crippen LogP contribution in [0.5, 0.6) is 0 Å². The van der Waals surface area contributed by atoms with Gasteiger partial charge in [0.2, 0.25) is 5.95 Å². The molecule has 14 heteroatoms. The van der Waals surface area contributed by atoms with Gasteiger partial charge in [-0.25, -0.2) is 9.55 Å². The second-order valence-corrected chi connectivity index (χ2v) is 6.27. The van der Waals surface area contributed by atoms with E-state index in [0.717, 1.165) is 6.33 Å². The summed E-state index contributed by atoms with van der Waals surface area (Å²) < 4.78 is 22.3. The molecule has 0 bridgehead atoms. The lowest BCUT2D eigenvalue weighted by atomic mass is 10.1. The summed E-state index contributed by atoms with van der Waals surface area (Å²) in [6, 6.07) is 0. The number of nitrogens with zero attached hydrogens (tertiary/aromatic N) is 3. The lowest BCUT2D eigenvalue weighted by Gasteiger charge is -2.22. The van der Waals surface area contributed by atoms with Crippen molar-refractivity contribution in [3.8, 4) is 0 Å². The molecule has 3 rings (SSSR count). The van der Waals surface area contributed by atoms with Crippen LogP contribution in [-0.2, 0) is 13.8 Å². The second-order valence-electron chi connectivity index (χ2n) is 5.08. The molecule has 1 aliphatic rings. The lowest BCUT2D eigenvalue weighted by molar-refractivity contribution is -0.0505. The average molecular weight is 363 g/mol. The van der Waals surface area contributed by atoms with E-state index in [0.29, 0.717) is 0 Å².